The van der Waals surface area contributed by atoms with Crippen molar-refractivity contribution in [3.05, 3.63) is 41.7 Å². The third-order valence-corrected chi connectivity index (χ3v) is 3.58. The van der Waals surface area contributed by atoms with Gasteiger partial charge in [0.1, 0.15) is 5.76 Å². The number of furan rings is 1. The quantitative estimate of drug-likeness (QED) is 0.855. The maximum Gasteiger partial charge on any atom is 0.238 e. The van der Waals surface area contributed by atoms with Crippen LogP contribution in [0.4, 0.5) is 0 Å². The molecular weight excluding hydrogens is 254 g/mol. The Morgan fingerprint density at radius 3 is 2.50 bits per heavy atom. The number of rotatable bonds is 3. The maximum atomic E-state index is 11.4. The van der Waals surface area contributed by atoms with Crippen LogP contribution in [-0.2, 0) is 10.0 Å². The van der Waals surface area contributed by atoms with E-state index in [4.69, 9.17) is 9.56 Å². The van der Waals surface area contributed by atoms with E-state index in [1.807, 2.05) is 0 Å². The largest absolute Gasteiger partial charge is 0.453 e. The highest BCUT2D eigenvalue weighted by Crippen LogP contribution is 2.25. The summed E-state index contributed by atoms with van der Waals surface area (Å²) < 4.78 is 28.0. The van der Waals surface area contributed by atoms with E-state index < -0.39 is 10.0 Å². The van der Waals surface area contributed by atoms with Gasteiger partial charge in [-0.2, -0.15) is 0 Å². The molecule has 1 aromatic heterocycles. The molecule has 18 heavy (non-hydrogen) atoms. The van der Waals surface area contributed by atoms with E-state index in [1.54, 1.807) is 25.1 Å². The Morgan fingerprint density at radius 1 is 1.22 bits per heavy atom. The van der Waals surface area contributed by atoms with Crippen molar-refractivity contribution in [1.82, 2.24) is 0 Å². The van der Waals surface area contributed by atoms with Crippen LogP contribution in [0.25, 0.3) is 11.3 Å². The Bertz CT molecular complexity index is 701. The molecule has 0 saturated carbocycles. The lowest BCUT2D eigenvalue weighted by molar-refractivity contribution is 0.110. The third-order valence-electron chi connectivity index (χ3n) is 2.52. The molecule has 2 N–H and O–H groups in total. The zero-order valence-corrected chi connectivity index (χ0v) is 10.4. The number of aldehydes is 1. The number of aryl methyl sites for hydroxylation is 1. The van der Waals surface area contributed by atoms with Gasteiger partial charge in [-0.05, 0) is 30.7 Å². The van der Waals surface area contributed by atoms with Crippen LogP contribution in [0.5, 0.6) is 0 Å². The Kier molecular flexibility index (Phi) is 3.06. The smallest absolute Gasteiger partial charge is 0.238 e. The van der Waals surface area contributed by atoms with Gasteiger partial charge < -0.3 is 4.42 Å². The van der Waals surface area contributed by atoms with Gasteiger partial charge in [-0.3, -0.25) is 4.79 Å². The molecule has 0 unspecified atom stereocenters. The summed E-state index contributed by atoms with van der Waals surface area (Å²) >= 11 is 0. The van der Waals surface area contributed by atoms with Crippen LogP contribution in [0.15, 0.2) is 39.6 Å². The first kappa shape index (κ1) is 12.5. The maximum absolute atomic E-state index is 11.4. The average molecular weight is 265 g/mol. The van der Waals surface area contributed by atoms with Crippen molar-refractivity contribution in [1.29, 1.82) is 0 Å². The van der Waals surface area contributed by atoms with Crippen LogP contribution < -0.4 is 5.14 Å². The molecule has 0 radical (unpaired) electrons. The minimum atomic E-state index is -3.77. The highest BCUT2D eigenvalue weighted by Gasteiger charge is 2.14. The van der Waals surface area contributed by atoms with Crippen molar-refractivity contribution in [3.63, 3.8) is 0 Å². The summed E-state index contributed by atoms with van der Waals surface area (Å²) in [5, 5.41) is 5.12. The van der Waals surface area contributed by atoms with Gasteiger partial charge in [-0.15, -0.1) is 0 Å². The monoisotopic (exact) mass is 265 g/mol. The van der Waals surface area contributed by atoms with E-state index in [2.05, 4.69) is 0 Å². The minimum absolute atomic E-state index is 0.0454. The van der Waals surface area contributed by atoms with E-state index >= 15 is 0 Å². The van der Waals surface area contributed by atoms with E-state index in [9.17, 15) is 13.2 Å². The standard InChI is InChI=1S/C12H11NO4S/c1-8-2-3-9(6-12(8)18(13,15)16)11-5-4-10(7-14)17-11/h2-7H,1H3,(H2,13,15,16). The zero-order chi connectivity index (χ0) is 13.3. The number of carbonyl (C=O) groups excluding carboxylic acids is 1. The van der Waals surface area contributed by atoms with Gasteiger partial charge in [0, 0.05) is 5.56 Å². The summed E-state index contributed by atoms with van der Waals surface area (Å²) in [6, 6.07) is 7.88. The Hall–Kier alpha value is -1.92. The molecule has 2 aromatic rings. The van der Waals surface area contributed by atoms with Gasteiger partial charge in [-0.1, -0.05) is 12.1 Å². The van der Waals surface area contributed by atoms with Crippen LogP contribution in [0.1, 0.15) is 16.1 Å². The molecule has 0 fully saturated rings. The lowest BCUT2D eigenvalue weighted by Crippen LogP contribution is -2.13. The Labute approximate surface area is 104 Å². The SMILES string of the molecule is Cc1ccc(-c2ccc(C=O)o2)cc1S(N)(=O)=O. The van der Waals surface area contributed by atoms with Gasteiger partial charge in [0.2, 0.25) is 10.0 Å². The van der Waals surface area contributed by atoms with Crippen molar-refractivity contribution in [3.8, 4) is 11.3 Å². The fraction of sp³-hybridized carbons (Fsp3) is 0.0833. The van der Waals surface area contributed by atoms with Crippen LogP contribution in [0.3, 0.4) is 0 Å². The van der Waals surface area contributed by atoms with E-state index in [0.717, 1.165) is 0 Å². The number of hydrogen-bond acceptors (Lipinski definition) is 4. The second-order valence-corrected chi connectivity index (χ2v) is 5.37. The molecule has 0 aliphatic heterocycles. The van der Waals surface area contributed by atoms with Crippen molar-refractivity contribution >= 4 is 16.3 Å². The highest BCUT2D eigenvalue weighted by atomic mass is 32.2. The van der Waals surface area contributed by atoms with Gasteiger partial charge in [0.15, 0.2) is 12.0 Å². The first-order valence-corrected chi connectivity index (χ1v) is 6.65. The molecular formula is C12H11NO4S. The first-order chi connectivity index (χ1) is 8.41. The van der Waals surface area contributed by atoms with E-state index in [1.165, 1.54) is 12.1 Å². The second-order valence-electron chi connectivity index (χ2n) is 3.85. The fourth-order valence-electron chi connectivity index (χ4n) is 1.63. The number of hydrogen-bond donors (Lipinski definition) is 1. The molecule has 2 rings (SSSR count). The lowest BCUT2D eigenvalue weighted by atomic mass is 10.1. The molecule has 94 valence electrons. The minimum Gasteiger partial charge on any atom is -0.453 e. The normalized spacial score (nSPS) is 11.4. The third kappa shape index (κ3) is 2.34. The molecule has 5 nitrogen and oxygen atoms in total. The number of sulfonamides is 1. The van der Waals surface area contributed by atoms with Gasteiger partial charge in [-0.25, -0.2) is 13.6 Å². The molecule has 0 atom stereocenters. The predicted molar refractivity (Wildman–Crippen MR) is 65.6 cm³/mol. The summed E-state index contributed by atoms with van der Waals surface area (Å²) in [4.78, 5) is 10.6. The summed E-state index contributed by atoms with van der Waals surface area (Å²) in [6.07, 6.45) is 0.582. The Morgan fingerprint density at radius 2 is 1.94 bits per heavy atom. The van der Waals surface area contributed by atoms with Crippen molar-refractivity contribution < 1.29 is 17.6 Å². The van der Waals surface area contributed by atoms with E-state index in [0.29, 0.717) is 23.2 Å². The lowest BCUT2D eigenvalue weighted by Gasteiger charge is -2.05. The molecule has 0 aliphatic carbocycles. The van der Waals surface area contributed by atoms with Crippen LogP contribution in [0.2, 0.25) is 0 Å². The molecule has 0 spiro atoms. The summed E-state index contributed by atoms with van der Waals surface area (Å²) in [7, 11) is -3.77. The average Bonchev–Trinajstić information content (AvgIpc) is 2.76. The molecule has 6 heteroatoms. The Balaban J connectivity index is 2.57. The van der Waals surface area contributed by atoms with Crippen LogP contribution in [-0.4, -0.2) is 14.7 Å². The summed E-state index contributed by atoms with van der Waals surface area (Å²) in [6.45, 7) is 1.66. The topological polar surface area (TPSA) is 90.4 Å². The number of primary sulfonamides is 1. The first-order valence-electron chi connectivity index (χ1n) is 5.10. The molecule has 0 bridgehead atoms. The fourth-order valence-corrected chi connectivity index (χ4v) is 2.44. The predicted octanol–water partition coefficient (Wildman–Crippen LogP) is 1.71. The molecule has 1 aromatic carbocycles. The van der Waals surface area contributed by atoms with E-state index in [-0.39, 0.29) is 10.7 Å². The molecule has 0 aliphatic rings. The van der Waals surface area contributed by atoms with Crippen molar-refractivity contribution in [2.75, 3.05) is 0 Å². The van der Waals surface area contributed by atoms with Crippen molar-refractivity contribution in [2.24, 2.45) is 5.14 Å². The van der Waals surface area contributed by atoms with Gasteiger partial charge >= 0.3 is 0 Å². The van der Waals surface area contributed by atoms with Crippen LogP contribution >= 0.6 is 0 Å². The zero-order valence-electron chi connectivity index (χ0n) is 9.58. The number of nitrogens with two attached hydrogens (primary N) is 1. The van der Waals surface area contributed by atoms with Crippen molar-refractivity contribution in [2.45, 2.75) is 11.8 Å². The molecule has 0 saturated heterocycles. The van der Waals surface area contributed by atoms with Crippen LogP contribution in [0, 0.1) is 6.92 Å². The number of carbonyl (C=O) groups is 1. The summed E-state index contributed by atoms with van der Waals surface area (Å²) in [5.41, 5.74) is 1.11. The molecule has 0 amide bonds. The number of benzene rings is 1. The molecule has 1 heterocycles. The van der Waals surface area contributed by atoms with Gasteiger partial charge in [0.05, 0.1) is 4.90 Å². The second kappa shape index (κ2) is 4.40. The van der Waals surface area contributed by atoms with Gasteiger partial charge in [0.25, 0.3) is 0 Å². The highest BCUT2D eigenvalue weighted by molar-refractivity contribution is 7.89. The summed E-state index contributed by atoms with van der Waals surface area (Å²) in [5.74, 6) is 0.602.